The van der Waals surface area contributed by atoms with Gasteiger partial charge in [0.25, 0.3) is 0 Å². The molecule has 3 aromatic rings. The van der Waals surface area contributed by atoms with Crippen LogP contribution in [0.5, 0.6) is 0 Å². The maximum atomic E-state index is 5.74. The molecule has 0 saturated carbocycles. The fraction of sp³-hybridized carbons (Fsp3) is 0.0714. The topological polar surface area (TPSA) is 43.3 Å². The molecule has 0 aliphatic carbocycles. The highest BCUT2D eigenvalue weighted by atomic mass is 79.9. The van der Waals surface area contributed by atoms with E-state index in [2.05, 4.69) is 25.3 Å². The van der Waals surface area contributed by atoms with Gasteiger partial charge in [-0.1, -0.05) is 40.2 Å². The second kappa shape index (κ2) is 4.55. The quantitative estimate of drug-likeness (QED) is 0.790. The molecular weight excluding hydrogens is 290 g/mol. The summed E-state index contributed by atoms with van der Waals surface area (Å²) in [6.45, 7) is 0.519. The highest BCUT2D eigenvalue weighted by molar-refractivity contribution is 9.10. The summed E-state index contributed by atoms with van der Waals surface area (Å²) in [5.74, 6) is 0.924. The predicted octanol–water partition coefficient (Wildman–Crippen LogP) is 3.22. The zero-order valence-electron chi connectivity index (χ0n) is 9.68. The Morgan fingerprint density at radius 3 is 2.78 bits per heavy atom. The molecule has 0 amide bonds. The number of benzene rings is 1. The molecule has 3 nitrogen and oxygen atoms in total. The molecule has 2 heterocycles. The standard InChI is InChI=1S/C14H12BrN3/c15-12-6-2-1-5-11(12)14-17-9-13-10(8-16)4-3-7-18(13)14/h1-7,9H,8,16H2. The number of aromatic nitrogens is 2. The number of rotatable bonds is 2. The number of nitrogens with two attached hydrogens (primary N) is 1. The summed E-state index contributed by atoms with van der Waals surface area (Å²) in [6.07, 6.45) is 3.88. The van der Waals surface area contributed by atoms with Crippen LogP contribution in [0.25, 0.3) is 16.9 Å². The largest absolute Gasteiger partial charge is 0.326 e. The lowest BCUT2D eigenvalue weighted by atomic mass is 10.2. The number of halogens is 1. The fourth-order valence-electron chi connectivity index (χ4n) is 2.09. The van der Waals surface area contributed by atoms with Crippen LogP contribution in [-0.2, 0) is 6.54 Å². The van der Waals surface area contributed by atoms with Crippen molar-refractivity contribution in [1.29, 1.82) is 0 Å². The van der Waals surface area contributed by atoms with Gasteiger partial charge in [0.1, 0.15) is 5.82 Å². The van der Waals surface area contributed by atoms with E-state index in [0.717, 1.165) is 26.9 Å². The van der Waals surface area contributed by atoms with Crippen LogP contribution >= 0.6 is 15.9 Å². The molecule has 0 fully saturated rings. The molecule has 2 aromatic heterocycles. The third kappa shape index (κ3) is 1.74. The lowest BCUT2D eigenvalue weighted by Crippen LogP contribution is -1.99. The highest BCUT2D eigenvalue weighted by Gasteiger charge is 2.10. The van der Waals surface area contributed by atoms with Crippen molar-refractivity contribution in [1.82, 2.24) is 9.38 Å². The molecule has 0 radical (unpaired) electrons. The van der Waals surface area contributed by atoms with Gasteiger partial charge in [-0.25, -0.2) is 4.98 Å². The van der Waals surface area contributed by atoms with Crippen molar-refractivity contribution in [2.24, 2.45) is 5.73 Å². The maximum Gasteiger partial charge on any atom is 0.145 e. The number of hydrogen-bond donors (Lipinski definition) is 1. The molecule has 0 aliphatic rings. The van der Waals surface area contributed by atoms with Crippen molar-refractivity contribution in [2.45, 2.75) is 6.54 Å². The minimum atomic E-state index is 0.519. The van der Waals surface area contributed by atoms with Gasteiger partial charge >= 0.3 is 0 Å². The molecule has 4 heteroatoms. The van der Waals surface area contributed by atoms with Crippen LogP contribution < -0.4 is 5.73 Å². The third-order valence-electron chi connectivity index (χ3n) is 2.99. The monoisotopic (exact) mass is 301 g/mol. The first-order chi connectivity index (χ1) is 8.81. The zero-order chi connectivity index (χ0) is 12.5. The Balaban J connectivity index is 2.29. The van der Waals surface area contributed by atoms with Gasteiger partial charge in [0.05, 0.1) is 11.7 Å². The molecular formula is C14H12BrN3. The van der Waals surface area contributed by atoms with Crippen molar-refractivity contribution < 1.29 is 0 Å². The Hall–Kier alpha value is -1.65. The van der Waals surface area contributed by atoms with Gasteiger partial charge in [-0.15, -0.1) is 0 Å². The number of fused-ring (bicyclic) bond motifs is 1. The van der Waals surface area contributed by atoms with E-state index in [9.17, 15) is 0 Å². The first-order valence-electron chi connectivity index (χ1n) is 5.71. The number of pyridine rings is 1. The normalized spacial score (nSPS) is 11.0. The van der Waals surface area contributed by atoms with Gasteiger partial charge < -0.3 is 5.73 Å². The molecule has 0 unspecified atom stereocenters. The first kappa shape index (κ1) is 11.4. The smallest absolute Gasteiger partial charge is 0.145 e. The number of imidazole rings is 1. The maximum absolute atomic E-state index is 5.74. The summed E-state index contributed by atoms with van der Waals surface area (Å²) in [7, 11) is 0. The minimum Gasteiger partial charge on any atom is -0.326 e. The van der Waals surface area contributed by atoms with Crippen LogP contribution in [0.3, 0.4) is 0 Å². The number of nitrogens with zero attached hydrogens (tertiary/aromatic N) is 2. The molecule has 90 valence electrons. The van der Waals surface area contributed by atoms with E-state index in [1.54, 1.807) is 0 Å². The van der Waals surface area contributed by atoms with Gasteiger partial charge in [0.15, 0.2) is 0 Å². The van der Waals surface area contributed by atoms with E-state index in [-0.39, 0.29) is 0 Å². The van der Waals surface area contributed by atoms with E-state index in [1.807, 2.05) is 48.8 Å². The molecule has 0 aliphatic heterocycles. The zero-order valence-corrected chi connectivity index (χ0v) is 11.3. The summed E-state index contributed by atoms with van der Waals surface area (Å²) in [6, 6.07) is 12.1. The Bertz CT molecular complexity index is 703. The molecule has 0 atom stereocenters. The molecule has 0 spiro atoms. The van der Waals surface area contributed by atoms with Gasteiger partial charge in [-0.3, -0.25) is 4.40 Å². The van der Waals surface area contributed by atoms with Crippen LogP contribution in [0.1, 0.15) is 5.56 Å². The second-order valence-electron chi connectivity index (χ2n) is 4.05. The van der Waals surface area contributed by atoms with Crippen molar-refractivity contribution in [2.75, 3.05) is 0 Å². The summed E-state index contributed by atoms with van der Waals surface area (Å²) in [5.41, 5.74) is 8.98. The molecule has 0 saturated heterocycles. The molecule has 18 heavy (non-hydrogen) atoms. The van der Waals surface area contributed by atoms with E-state index in [0.29, 0.717) is 6.54 Å². The summed E-state index contributed by atoms with van der Waals surface area (Å²) < 4.78 is 3.11. The van der Waals surface area contributed by atoms with Gasteiger partial charge in [-0.2, -0.15) is 0 Å². The van der Waals surface area contributed by atoms with E-state index in [1.165, 1.54) is 0 Å². The van der Waals surface area contributed by atoms with Crippen molar-refractivity contribution in [3.63, 3.8) is 0 Å². The van der Waals surface area contributed by atoms with E-state index >= 15 is 0 Å². The molecule has 0 bridgehead atoms. The Morgan fingerprint density at radius 2 is 2.00 bits per heavy atom. The predicted molar refractivity (Wildman–Crippen MR) is 76.2 cm³/mol. The van der Waals surface area contributed by atoms with Gasteiger partial charge in [0, 0.05) is 22.8 Å². The molecule has 1 aromatic carbocycles. The van der Waals surface area contributed by atoms with Gasteiger partial charge in [0.2, 0.25) is 0 Å². The van der Waals surface area contributed by atoms with E-state index < -0.39 is 0 Å². The van der Waals surface area contributed by atoms with Crippen LogP contribution in [0.2, 0.25) is 0 Å². The minimum absolute atomic E-state index is 0.519. The Morgan fingerprint density at radius 1 is 1.17 bits per heavy atom. The third-order valence-corrected chi connectivity index (χ3v) is 3.68. The van der Waals surface area contributed by atoms with Gasteiger partial charge in [-0.05, 0) is 17.7 Å². The van der Waals surface area contributed by atoms with Crippen LogP contribution in [0, 0.1) is 0 Å². The van der Waals surface area contributed by atoms with Crippen molar-refractivity contribution in [3.8, 4) is 11.4 Å². The average molecular weight is 302 g/mol. The van der Waals surface area contributed by atoms with E-state index in [4.69, 9.17) is 5.73 Å². The lowest BCUT2D eigenvalue weighted by Gasteiger charge is -2.05. The van der Waals surface area contributed by atoms with Crippen molar-refractivity contribution in [3.05, 3.63) is 58.8 Å². The summed E-state index contributed by atoms with van der Waals surface area (Å²) in [4.78, 5) is 4.51. The SMILES string of the molecule is NCc1cccn2c(-c3ccccc3Br)ncc12. The molecule has 2 N–H and O–H groups in total. The lowest BCUT2D eigenvalue weighted by molar-refractivity contribution is 1.05. The molecule has 3 rings (SSSR count). The second-order valence-corrected chi connectivity index (χ2v) is 4.91. The Kier molecular flexibility index (Phi) is 2.89. The fourth-order valence-corrected chi connectivity index (χ4v) is 2.56. The summed E-state index contributed by atoms with van der Waals surface area (Å²) in [5, 5.41) is 0. The Labute approximate surface area is 113 Å². The highest BCUT2D eigenvalue weighted by Crippen LogP contribution is 2.28. The van der Waals surface area contributed by atoms with Crippen molar-refractivity contribution >= 4 is 21.4 Å². The first-order valence-corrected chi connectivity index (χ1v) is 6.50. The van der Waals surface area contributed by atoms with Crippen LogP contribution in [0.15, 0.2) is 53.3 Å². The van der Waals surface area contributed by atoms with Crippen LogP contribution in [-0.4, -0.2) is 9.38 Å². The number of hydrogen-bond acceptors (Lipinski definition) is 2. The van der Waals surface area contributed by atoms with Crippen LogP contribution in [0.4, 0.5) is 0 Å². The average Bonchev–Trinajstić information content (AvgIpc) is 2.83. The summed E-state index contributed by atoms with van der Waals surface area (Å²) >= 11 is 3.56.